The monoisotopic (exact) mass is 1910 g/mol. The summed E-state index contributed by atoms with van der Waals surface area (Å²) in [6.45, 7) is 0. The first kappa shape index (κ1) is 91.1. The Labute approximate surface area is 870 Å². The molecule has 9 nitrogen and oxygen atoms in total. The molecule has 6 heterocycles. The van der Waals surface area contributed by atoms with Crippen LogP contribution in [0, 0.1) is 0 Å². The molecule has 0 saturated carbocycles. The van der Waals surface area contributed by atoms with Crippen molar-refractivity contribution in [3.05, 3.63) is 565 Å². The van der Waals surface area contributed by atoms with Crippen LogP contribution in [0.1, 0.15) is 0 Å². The number of pyridine rings is 3. The van der Waals surface area contributed by atoms with Gasteiger partial charge in [-0.2, -0.15) is 0 Å². The van der Waals surface area contributed by atoms with Crippen molar-refractivity contribution in [1.82, 2.24) is 44.9 Å². The maximum atomic E-state index is 5.29. The van der Waals surface area contributed by atoms with Gasteiger partial charge in [0.1, 0.15) is 0 Å². The van der Waals surface area contributed by atoms with Crippen molar-refractivity contribution in [2.24, 2.45) is 0 Å². The van der Waals surface area contributed by atoms with Gasteiger partial charge in [-0.15, -0.1) is 0 Å². The molecule has 0 atom stereocenters. The topological polar surface area (TPSA) is 116 Å². The number of nitrogens with zero attached hydrogens (tertiary/aromatic N) is 9. The fourth-order valence-corrected chi connectivity index (χ4v) is 20.3. The highest BCUT2D eigenvalue weighted by molar-refractivity contribution is 6.14. The molecule has 6 aromatic heterocycles. The van der Waals surface area contributed by atoms with E-state index in [2.05, 4.69) is 506 Å². The van der Waals surface area contributed by atoms with Crippen LogP contribution in [0.3, 0.4) is 0 Å². The Morgan fingerprint density at radius 3 is 0.920 bits per heavy atom. The molecule has 0 radical (unpaired) electrons. The van der Waals surface area contributed by atoms with Crippen LogP contribution in [-0.4, -0.2) is 44.9 Å². The van der Waals surface area contributed by atoms with E-state index in [1.165, 1.54) is 92.8 Å². The van der Waals surface area contributed by atoms with Crippen molar-refractivity contribution in [3.8, 4) is 202 Å². The van der Waals surface area contributed by atoms with E-state index in [4.69, 9.17) is 29.9 Å². The number of hydrogen-bond donors (Lipinski definition) is 0. The molecule has 0 bridgehead atoms. The third-order valence-electron chi connectivity index (χ3n) is 28.1. The lowest BCUT2D eigenvalue weighted by Crippen LogP contribution is -1.96. The van der Waals surface area contributed by atoms with Crippen LogP contribution in [0.2, 0.25) is 0 Å². The van der Waals surface area contributed by atoms with E-state index in [9.17, 15) is 0 Å². The predicted molar refractivity (Wildman–Crippen MR) is 622 cm³/mol. The predicted octanol–water partition coefficient (Wildman–Crippen LogP) is 36.5. The molecular formula is C141H93N9. The van der Waals surface area contributed by atoms with Crippen LogP contribution in [0.15, 0.2) is 565 Å². The summed E-state index contributed by atoms with van der Waals surface area (Å²) in [5.74, 6) is 2.07. The van der Waals surface area contributed by atoms with Crippen molar-refractivity contribution in [2.45, 2.75) is 0 Å². The second-order valence-electron chi connectivity index (χ2n) is 37.5. The zero-order valence-electron chi connectivity index (χ0n) is 81.7. The minimum atomic E-state index is 0.682. The zero-order chi connectivity index (χ0) is 99.8. The summed E-state index contributed by atoms with van der Waals surface area (Å²) in [5, 5.41) is 13.5. The van der Waals surface area contributed by atoms with Gasteiger partial charge in [-0.3, -0.25) is 15.0 Å². The molecule has 0 N–H and O–H groups in total. The first-order chi connectivity index (χ1) is 74.3. The highest BCUT2D eigenvalue weighted by atomic mass is 14.9. The van der Waals surface area contributed by atoms with Gasteiger partial charge in [-0.05, 0) is 221 Å². The van der Waals surface area contributed by atoms with Crippen LogP contribution in [0.5, 0.6) is 0 Å². The first-order valence-corrected chi connectivity index (χ1v) is 50.5. The molecule has 702 valence electrons. The second-order valence-corrected chi connectivity index (χ2v) is 37.5. The maximum Gasteiger partial charge on any atom is 0.160 e. The quantitative estimate of drug-likeness (QED) is 0.0774. The van der Waals surface area contributed by atoms with Gasteiger partial charge < -0.3 is 0 Å². The molecule has 150 heavy (non-hydrogen) atoms. The molecule has 0 amide bonds. The number of hydrogen-bond acceptors (Lipinski definition) is 9. The normalized spacial score (nSPS) is 11.2. The summed E-state index contributed by atoms with van der Waals surface area (Å²) < 4.78 is 0. The minimum absolute atomic E-state index is 0.682. The third kappa shape index (κ3) is 19.4. The molecule has 9 heteroatoms. The van der Waals surface area contributed by atoms with E-state index in [1.54, 1.807) is 12.4 Å². The lowest BCUT2D eigenvalue weighted by molar-refractivity contribution is 1.18. The van der Waals surface area contributed by atoms with E-state index in [0.29, 0.717) is 17.5 Å². The Balaban J connectivity index is 0.000000117. The molecule has 21 aromatic carbocycles. The van der Waals surface area contributed by atoms with Crippen LogP contribution in [0.25, 0.3) is 267 Å². The molecule has 0 aliphatic carbocycles. The number of rotatable bonds is 18. The number of fused-ring (bicyclic) bond motifs is 7. The highest BCUT2D eigenvalue weighted by Gasteiger charge is 2.21. The summed E-state index contributed by atoms with van der Waals surface area (Å²) in [6, 6.07) is 188. The van der Waals surface area contributed by atoms with E-state index in [1.807, 2.05) is 61.1 Å². The molecule has 0 saturated heterocycles. The fraction of sp³-hybridized carbons (Fsp3) is 0. The van der Waals surface area contributed by atoms with Crippen molar-refractivity contribution in [1.29, 1.82) is 0 Å². The van der Waals surface area contributed by atoms with Crippen LogP contribution < -0.4 is 0 Å². The Morgan fingerprint density at radius 2 is 0.420 bits per heavy atom. The van der Waals surface area contributed by atoms with Gasteiger partial charge in [-0.25, -0.2) is 29.9 Å². The van der Waals surface area contributed by atoms with Crippen LogP contribution in [-0.2, 0) is 0 Å². The van der Waals surface area contributed by atoms with Crippen LogP contribution in [0.4, 0.5) is 0 Å². The molecule has 0 aliphatic rings. The summed E-state index contributed by atoms with van der Waals surface area (Å²) in [5.41, 5.74) is 36.0. The Bertz CT molecular complexity index is 9520. The molecule has 0 unspecified atom stereocenters. The van der Waals surface area contributed by atoms with E-state index in [0.717, 1.165) is 156 Å². The molecule has 0 spiro atoms. The van der Waals surface area contributed by atoms with Gasteiger partial charge in [0.25, 0.3) is 0 Å². The van der Waals surface area contributed by atoms with Gasteiger partial charge in [0.05, 0.1) is 39.7 Å². The van der Waals surface area contributed by atoms with E-state index < -0.39 is 0 Å². The van der Waals surface area contributed by atoms with Gasteiger partial charge >= 0.3 is 0 Å². The van der Waals surface area contributed by atoms with Crippen LogP contribution >= 0.6 is 0 Å². The van der Waals surface area contributed by atoms with E-state index in [-0.39, 0.29) is 0 Å². The van der Waals surface area contributed by atoms with Crippen molar-refractivity contribution < 1.29 is 0 Å². The molecule has 0 fully saturated rings. The van der Waals surface area contributed by atoms with Crippen molar-refractivity contribution >= 4 is 64.8 Å². The van der Waals surface area contributed by atoms with Gasteiger partial charge in [-0.1, -0.05) is 461 Å². The average Bonchev–Trinajstić information content (AvgIpc) is 0.749. The summed E-state index contributed by atoms with van der Waals surface area (Å²) >= 11 is 0. The smallest absolute Gasteiger partial charge is 0.160 e. The van der Waals surface area contributed by atoms with Gasteiger partial charge in [0.15, 0.2) is 17.5 Å². The fourth-order valence-electron chi connectivity index (χ4n) is 20.3. The summed E-state index contributed by atoms with van der Waals surface area (Å²) in [6.07, 6.45) is 9.32. The van der Waals surface area contributed by atoms with Gasteiger partial charge in [0.2, 0.25) is 0 Å². The Hall–Kier alpha value is -20.1. The molecule has 27 aromatic rings. The lowest BCUT2D eigenvalue weighted by atomic mass is 9.92. The molecular weight excluding hydrogens is 1820 g/mol. The average molecular weight is 1910 g/mol. The van der Waals surface area contributed by atoms with Crippen molar-refractivity contribution in [2.75, 3.05) is 0 Å². The standard InChI is InChI=1S/C51H33N3.C47H31N3.C43H29N3/c1-3-19-43-35(11-1)13-9-23-44(43)37-14-7-16-40(29-37)50-32-49(36-26-24-34(25-27-36)42-18-10-28-52-33-42)53-51(54-50)41-17-8-15-38(30-41)48-31-39-12-2-4-20-45(39)46-21-5-6-22-47(46)48;1-2-9-32(10-3-1)33-17-23-37(24-18-33)45-30-46(38-25-19-34(20-26-38)41-29-40-12-5-7-16-44(40)48-31-41)50-47(49-45)39-27-21-36(22-28-39)43-15-8-13-35-11-4-6-14-42(35)43;1-2-8-30(9-3-1)32-17-22-35(23-18-32)43-45-41(34-20-15-33(16-21-34)40-14-7-25-44-29-40)28-42(46-43)39-13-6-12-37(27-39)38-24-19-31-10-4-5-11-36(31)26-38/h1-33H;1-31H;1-29H. The molecule has 27 rings (SSSR count). The summed E-state index contributed by atoms with van der Waals surface area (Å²) in [7, 11) is 0. The largest absolute Gasteiger partial charge is 0.264 e. The molecule has 0 aliphatic heterocycles. The highest BCUT2D eigenvalue weighted by Crippen LogP contribution is 2.43. The van der Waals surface area contributed by atoms with Gasteiger partial charge in [0, 0.05) is 92.0 Å². The third-order valence-corrected chi connectivity index (χ3v) is 28.1. The number of aromatic nitrogens is 9. The second kappa shape index (κ2) is 41.3. The van der Waals surface area contributed by atoms with E-state index >= 15 is 0 Å². The minimum Gasteiger partial charge on any atom is -0.264 e. The zero-order valence-corrected chi connectivity index (χ0v) is 81.7. The first-order valence-electron chi connectivity index (χ1n) is 50.5. The number of benzene rings is 21. The Morgan fingerprint density at radius 1 is 0.120 bits per heavy atom. The summed E-state index contributed by atoms with van der Waals surface area (Å²) in [4.78, 5) is 44.3. The number of para-hydroxylation sites is 1. The Kier molecular flexibility index (Phi) is 25.1. The lowest BCUT2D eigenvalue weighted by Gasteiger charge is -2.14. The SMILES string of the molecule is c1ccc(-c2ccc(-c3cc(-c4ccc(-c5cnc6ccccc6c5)cc4)nc(-c4ccc(-c5cccc6ccccc56)cc4)n3)cc2)cc1.c1ccc(-c2ccc(-c3nc(-c4ccc(-c5cccnc5)cc4)cc(-c4cccc(-c5ccc6ccccc6c5)c4)n3)cc2)cc1.c1cncc(-c2ccc(-c3cc(-c4cccc(-c5cccc6ccccc56)c4)nc(-c4cccc(-c5cc6ccccc6c6ccccc56)c4)n3)cc2)c1. The maximum absolute atomic E-state index is 5.29. The van der Waals surface area contributed by atoms with Crippen molar-refractivity contribution in [3.63, 3.8) is 0 Å².